The van der Waals surface area contributed by atoms with Crippen molar-refractivity contribution in [1.82, 2.24) is 14.8 Å². The van der Waals surface area contributed by atoms with Gasteiger partial charge in [0.1, 0.15) is 0 Å². The Kier molecular flexibility index (Phi) is 7.53. The first-order chi connectivity index (χ1) is 15.9. The van der Waals surface area contributed by atoms with Crippen molar-refractivity contribution in [2.24, 2.45) is 0 Å². The van der Waals surface area contributed by atoms with E-state index < -0.39 is 0 Å². The summed E-state index contributed by atoms with van der Waals surface area (Å²) in [4.78, 5) is 12.7. The molecule has 4 rings (SSSR count). The Labute approximate surface area is 210 Å². The fourth-order valence-electron chi connectivity index (χ4n) is 3.35. The van der Waals surface area contributed by atoms with Gasteiger partial charge in [-0.25, -0.2) is 0 Å². The van der Waals surface area contributed by atoms with E-state index in [1.807, 2.05) is 54.0 Å². The zero-order valence-electron chi connectivity index (χ0n) is 18.2. The number of rotatable bonds is 7. The van der Waals surface area contributed by atoms with E-state index in [2.05, 4.69) is 62.6 Å². The minimum Gasteiger partial charge on any atom is -0.325 e. The number of aryl methyl sites for hydroxylation is 2. The highest BCUT2D eigenvalue weighted by atomic mass is 79.9. The largest absolute Gasteiger partial charge is 0.325 e. The number of halogens is 2. The van der Waals surface area contributed by atoms with E-state index in [4.69, 9.17) is 11.6 Å². The molecule has 0 radical (unpaired) electrons. The zero-order valence-corrected chi connectivity index (χ0v) is 21.3. The lowest BCUT2D eigenvalue weighted by atomic mass is 10.1. The van der Waals surface area contributed by atoms with Gasteiger partial charge in [-0.2, -0.15) is 0 Å². The maximum atomic E-state index is 12.7. The lowest BCUT2D eigenvalue weighted by molar-refractivity contribution is -0.113. The quantitative estimate of drug-likeness (QED) is 0.257. The second-order valence-corrected chi connectivity index (χ2v) is 9.76. The van der Waals surface area contributed by atoms with Crippen molar-refractivity contribution in [3.05, 3.63) is 87.4 Å². The molecule has 1 aromatic heterocycles. The van der Waals surface area contributed by atoms with Gasteiger partial charge in [0, 0.05) is 26.4 Å². The van der Waals surface area contributed by atoms with Gasteiger partial charge in [-0.15, -0.1) is 10.2 Å². The Morgan fingerprint density at radius 3 is 2.45 bits per heavy atom. The second-order valence-electron chi connectivity index (χ2n) is 7.46. The van der Waals surface area contributed by atoms with Crippen LogP contribution in [-0.2, 0) is 11.2 Å². The highest BCUT2D eigenvalue weighted by molar-refractivity contribution is 9.10. The second kappa shape index (κ2) is 10.5. The Morgan fingerprint density at radius 1 is 1.06 bits per heavy atom. The number of nitrogens with one attached hydrogen (secondary N) is 1. The summed E-state index contributed by atoms with van der Waals surface area (Å²) in [7, 11) is 0. The van der Waals surface area contributed by atoms with Crippen molar-refractivity contribution < 1.29 is 4.79 Å². The fourth-order valence-corrected chi connectivity index (χ4v) is 4.70. The van der Waals surface area contributed by atoms with E-state index in [9.17, 15) is 4.79 Å². The normalized spacial score (nSPS) is 10.9. The molecule has 0 saturated heterocycles. The maximum absolute atomic E-state index is 12.7. The molecule has 3 aromatic carbocycles. The van der Waals surface area contributed by atoms with E-state index in [-0.39, 0.29) is 11.7 Å². The first kappa shape index (κ1) is 23.5. The van der Waals surface area contributed by atoms with Gasteiger partial charge < -0.3 is 5.32 Å². The van der Waals surface area contributed by atoms with Crippen LogP contribution in [0.2, 0.25) is 5.02 Å². The predicted octanol–water partition coefficient (Wildman–Crippen LogP) is 6.95. The predicted molar refractivity (Wildman–Crippen MR) is 139 cm³/mol. The van der Waals surface area contributed by atoms with Gasteiger partial charge in [-0.05, 0) is 79.1 Å². The van der Waals surface area contributed by atoms with Crippen molar-refractivity contribution in [1.29, 1.82) is 0 Å². The smallest absolute Gasteiger partial charge is 0.234 e. The molecule has 168 valence electrons. The minimum atomic E-state index is -0.102. The molecule has 0 aliphatic rings. The van der Waals surface area contributed by atoms with Crippen LogP contribution in [0.5, 0.6) is 0 Å². The van der Waals surface area contributed by atoms with Crippen LogP contribution < -0.4 is 5.32 Å². The van der Waals surface area contributed by atoms with Crippen LogP contribution in [0.1, 0.15) is 18.1 Å². The standard InChI is InChI=1S/C25H22BrClN4OS/c1-3-17-4-11-21(12-5-17)31-24(18-6-9-20(27)10-7-18)29-30-25(31)33-15-23(32)28-22-13-8-19(26)14-16(22)2/h4-14H,3,15H2,1-2H3,(H,28,32). The molecule has 0 atom stereocenters. The van der Waals surface area contributed by atoms with E-state index in [1.165, 1.54) is 17.3 Å². The topological polar surface area (TPSA) is 59.8 Å². The number of thioether (sulfide) groups is 1. The number of carbonyl (C=O) groups excluding carboxylic acids is 1. The summed E-state index contributed by atoms with van der Waals surface area (Å²) < 4.78 is 2.95. The zero-order chi connectivity index (χ0) is 23.4. The number of anilines is 1. The fraction of sp³-hybridized carbons (Fsp3) is 0.160. The van der Waals surface area contributed by atoms with Crippen molar-refractivity contribution in [3.63, 3.8) is 0 Å². The van der Waals surface area contributed by atoms with Gasteiger partial charge in [-0.1, -0.05) is 58.3 Å². The minimum absolute atomic E-state index is 0.102. The van der Waals surface area contributed by atoms with Crippen LogP contribution >= 0.6 is 39.3 Å². The molecule has 0 spiro atoms. The van der Waals surface area contributed by atoms with Gasteiger partial charge in [0.05, 0.1) is 5.75 Å². The molecule has 0 fully saturated rings. The highest BCUT2D eigenvalue weighted by Gasteiger charge is 2.18. The summed E-state index contributed by atoms with van der Waals surface area (Å²) in [5.74, 6) is 0.804. The monoisotopic (exact) mass is 540 g/mol. The molecule has 33 heavy (non-hydrogen) atoms. The summed E-state index contributed by atoms with van der Waals surface area (Å²) in [6.45, 7) is 4.09. The van der Waals surface area contributed by atoms with Gasteiger partial charge in [0.25, 0.3) is 0 Å². The summed E-state index contributed by atoms with van der Waals surface area (Å²) >= 11 is 10.9. The third kappa shape index (κ3) is 5.66. The van der Waals surface area contributed by atoms with Crippen molar-refractivity contribution >= 4 is 50.9 Å². The maximum Gasteiger partial charge on any atom is 0.234 e. The molecule has 8 heteroatoms. The molecule has 0 aliphatic heterocycles. The van der Waals surface area contributed by atoms with Crippen LogP contribution in [0.4, 0.5) is 5.69 Å². The summed E-state index contributed by atoms with van der Waals surface area (Å²) in [6, 6.07) is 21.6. The van der Waals surface area contributed by atoms with Gasteiger partial charge in [-0.3, -0.25) is 9.36 Å². The van der Waals surface area contributed by atoms with Gasteiger partial charge in [0.2, 0.25) is 5.91 Å². The Morgan fingerprint density at radius 2 is 1.79 bits per heavy atom. The summed E-state index contributed by atoms with van der Waals surface area (Å²) in [5, 5.41) is 13.1. The molecular weight excluding hydrogens is 520 g/mol. The number of amides is 1. The average Bonchev–Trinajstić information content (AvgIpc) is 3.24. The molecule has 0 bridgehead atoms. The average molecular weight is 542 g/mol. The third-order valence-electron chi connectivity index (χ3n) is 5.13. The van der Waals surface area contributed by atoms with Crippen LogP contribution in [0.3, 0.4) is 0 Å². The van der Waals surface area contributed by atoms with E-state index in [0.717, 1.165) is 33.4 Å². The van der Waals surface area contributed by atoms with Gasteiger partial charge >= 0.3 is 0 Å². The Hall–Kier alpha value is -2.61. The number of hydrogen-bond donors (Lipinski definition) is 1. The number of benzene rings is 3. The number of hydrogen-bond acceptors (Lipinski definition) is 4. The number of carbonyl (C=O) groups is 1. The molecule has 1 N–H and O–H groups in total. The van der Waals surface area contributed by atoms with Crippen LogP contribution in [0.25, 0.3) is 17.1 Å². The lowest BCUT2D eigenvalue weighted by Crippen LogP contribution is -2.15. The van der Waals surface area contributed by atoms with E-state index in [0.29, 0.717) is 16.0 Å². The molecule has 0 saturated carbocycles. The third-order valence-corrected chi connectivity index (χ3v) is 6.81. The van der Waals surface area contributed by atoms with Crippen LogP contribution in [-0.4, -0.2) is 26.4 Å². The highest BCUT2D eigenvalue weighted by Crippen LogP contribution is 2.29. The number of aromatic nitrogens is 3. The van der Waals surface area contributed by atoms with E-state index >= 15 is 0 Å². The van der Waals surface area contributed by atoms with Gasteiger partial charge in [0.15, 0.2) is 11.0 Å². The molecule has 0 unspecified atom stereocenters. The molecule has 1 amide bonds. The van der Waals surface area contributed by atoms with E-state index in [1.54, 1.807) is 0 Å². The van der Waals surface area contributed by atoms with Crippen molar-refractivity contribution in [2.45, 2.75) is 25.4 Å². The summed E-state index contributed by atoms with van der Waals surface area (Å²) in [5.41, 5.74) is 4.87. The number of nitrogens with zero attached hydrogens (tertiary/aromatic N) is 3. The first-order valence-corrected chi connectivity index (χ1v) is 12.6. The van der Waals surface area contributed by atoms with Crippen molar-refractivity contribution in [3.8, 4) is 17.1 Å². The van der Waals surface area contributed by atoms with Crippen LogP contribution in [0, 0.1) is 6.92 Å². The van der Waals surface area contributed by atoms with Crippen LogP contribution in [0.15, 0.2) is 76.4 Å². The molecule has 1 heterocycles. The Balaban J connectivity index is 1.60. The lowest BCUT2D eigenvalue weighted by Gasteiger charge is -2.12. The molecular formula is C25H22BrClN4OS. The SMILES string of the molecule is CCc1ccc(-n2c(SCC(=O)Nc3ccc(Br)cc3C)nnc2-c2ccc(Cl)cc2)cc1. The first-order valence-electron chi connectivity index (χ1n) is 10.4. The Bertz CT molecular complexity index is 1270. The summed E-state index contributed by atoms with van der Waals surface area (Å²) in [6.07, 6.45) is 0.962. The molecule has 4 aromatic rings. The van der Waals surface area contributed by atoms with Crippen molar-refractivity contribution in [2.75, 3.05) is 11.1 Å². The molecule has 0 aliphatic carbocycles. The molecule has 5 nitrogen and oxygen atoms in total.